The highest BCUT2D eigenvalue weighted by molar-refractivity contribution is 6.23. The Labute approximate surface area is 324 Å². The average molecular weight is 755 g/mol. The van der Waals surface area contributed by atoms with Gasteiger partial charge in [-0.05, 0) is 61.9 Å². The molecule has 2 aromatic heterocycles. The Morgan fingerprint density at radius 1 is 0.963 bits per heavy atom. The quantitative estimate of drug-likeness (QED) is 0.176. The lowest BCUT2D eigenvalue weighted by atomic mass is 9.88. The summed E-state index contributed by atoms with van der Waals surface area (Å²) in [6.07, 6.45) is 13.2. The second-order valence-electron chi connectivity index (χ2n) is 14.7. The van der Waals surface area contributed by atoms with Crippen molar-refractivity contribution < 1.29 is 27.6 Å². The molecule has 1 saturated carbocycles. The van der Waals surface area contributed by atoms with Crippen LogP contribution in [0.15, 0.2) is 36.1 Å². The molecule has 1 N–H and O–H groups in total. The van der Waals surface area contributed by atoms with Crippen molar-refractivity contribution in [2.45, 2.75) is 132 Å². The lowest BCUT2D eigenvalue weighted by molar-refractivity contribution is -0.500. The predicted octanol–water partition coefficient (Wildman–Crippen LogP) is 11.2. The molecule has 0 radical (unpaired) electrons. The number of alkyl halides is 2. The second kappa shape index (κ2) is 24.7. The topological polar surface area (TPSA) is 81.3 Å². The molecule has 10 heteroatoms. The number of unbranched alkanes of at least 4 members (excludes halogenated alkanes) is 2. The van der Waals surface area contributed by atoms with Crippen LogP contribution in [0.2, 0.25) is 0 Å². The minimum absolute atomic E-state index is 0.159. The summed E-state index contributed by atoms with van der Waals surface area (Å²) >= 11 is 0. The van der Waals surface area contributed by atoms with Gasteiger partial charge in [0, 0.05) is 32.0 Å². The largest absolute Gasteiger partial charge is 0.500 e. The molecular formula is C44H70F2N5O3+. The highest BCUT2D eigenvalue weighted by Crippen LogP contribution is 2.29. The normalized spacial score (nSPS) is 15.1. The number of benzene rings is 1. The SMILES string of the molecule is C1CCCC1.CCCC.CCCCC(COC)C(C)CC.COC1=C(c2cc(C(=O)Nc3nc4ccc(C)cc4n3C)cc(C)n2)C(C(F)F)=[N+](C)CC1. The molecule has 0 bridgehead atoms. The molecule has 302 valence electrons. The maximum absolute atomic E-state index is 14.0. The number of imidazole rings is 1. The van der Waals surface area contributed by atoms with Gasteiger partial charge in [-0.2, -0.15) is 8.78 Å². The van der Waals surface area contributed by atoms with Crippen LogP contribution < -0.4 is 5.32 Å². The Bertz CT molecular complexity index is 1630. The van der Waals surface area contributed by atoms with Crippen molar-refractivity contribution in [1.29, 1.82) is 0 Å². The summed E-state index contributed by atoms with van der Waals surface area (Å²) in [6.45, 7) is 16.3. The summed E-state index contributed by atoms with van der Waals surface area (Å²) in [7, 11) is 6.71. The smallest absolute Gasteiger partial charge is 0.321 e. The van der Waals surface area contributed by atoms with Gasteiger partial charge in [0.2, 0.25) is 5.95 Å². The van der Waals surface area contributed by atoms with Gasteiger partial charge < -0.3 is 14.0 Å². The zero-order chi connectivity index (χ0) is 40.2. The predicted molar refractivity (Wildman–Crippen MR) is 221 cm³/mol. The van der Waals surface area contributed by atoms with Gasteiger partial charge in [0.1, 0.15) is 24.9 Å². The third-order valence-corrected chi connectivity index (χ3v) is 10.3. The average Bonchev–Trinajstić information content (AvgIpc) is 3.85. The summed E-state index contributed by atoms with van der Waals surface area (Å²) in [6, 6.07) is 8.98. The minimum Gasteiger partial charge on any atom is -0.500 e. The molecule has 3 aromatic rings. The van der Waals surface area contributed by atoms with Crippen LogP contribution in [0.5, 0.6) is 0 Å². The molecule has 1 aliphatic heterocycles. The number of aromatic nitrogens is 3. The van der Waals surface area contributed by atoms with Gasteiger partial charge in [-0.15, -0.1) is 0 Å². The molecule has 5 rings (SSSR count). The van der Waals surface area contributed by atoms with Crippen LogP contribution in [0.4, 0.5) is 14.7 Å². The van der Waals surface area contributed by atoms with E-state index in [4.69, 9.17) is 9.47 Å². The fraction of sp³-hybridized carbons (Fsp3) is 0.636. The number of halogens is 2. The standard InChI is InChI=1S/C24H25F2N5O2.C11H24O.C5H10.C4H10/c1-13-6-7-16-18(10-13)31(4)24(28-16)29-23(32)15-11-14(2)27-17(12-15)20-19(33-5)8-9-30(3)21(20)22(25)26;1-5-7-8-11(9-12-4)10(3)6-2;1-2-4-5-3-1;1-3-4-2/h6-7,10-12,22H,8-9H2,1-5H3;10-11H,5-9H2,1-4H3;1-5H2;3-4H2,1-2H3/p+1. The first-order valence-corrected chi connectivity index (χ1v) is 20.2. The number of rotatable bonds is 13. The van der Waals surface area contributed by atoms with Gasteiger partial charge in [-0.3, -0.25) is 15.1 Å². The minimum atomic E-state index is -2.71. The van der Waals surface area contributed by atoms with E-state index in [1.54, 1.807) is 31.7 Å². The Kier molecular flexibility index (Phi) is 21.3. The van der Waals surface area contributed by atoms with Crippen LogP contribution in [0, 0.1) is 25.7 Å². The summed E-state index contributed by atoms with van der Waals surface area (Å²) in [5.74, 6) is 2.01. The van der Waals surface area contributed by atoms with Crippen LogP contribution in [-0.2, 0) is 16.5 Å². The highest BCUT2D eigenvalue weighted by Gasteiger charge is 2.36. The Balaban J connectivity index is 0.000000392. The number of carbonyl (C=O) groups excluding carboxylic acids is 1. The molecule has 2 unspecified atom stereocenters. The second-order valence-corrected chi connectivity index (χ2v) is 14.7. The lowest BCUT2D eigenvalue weighted by Gasteiger charge is -2.21. The van der Waals surface area contributed by atoms with E-state index < -0.39 is 12.3 Å². The molecule has 1 aliphatic carbocycles. The van der Waals surface area contributed by atoms with Crippen LogP contribution in [0.3, 0.4) is 0 Å². The Hall–Kier alpha value is -3.66. The first-order valence-electron chi connectivity index (χ1n) is 20.2. The molecule has 0 saturated heterocycles. The van der Waals surface area contributed by atoms with Crippen molar-refractivity contribution in [3.63, 3.8) is 0 Å². The first kappa shape index (κ1) is 46.5. The fourth-order valence-electron chi connectivity index (χ4n) is 6.55. The van der Waals surface area contributed by atoms with Crippen molar-refractivity contribution in [3.8, 4) is 0 Å². The molecular weight excluding hydrogens is 685 g/mol. The van der Waals surface area contributed by atoms with E-state index in [0.717, 1.165) is 35.0 Å². The van der Waals surface area contributed by atoms with E-state index in [9.17, 15) is 13.6 Å². The van der Waals surface area contributed by atoms with Gasteiger partial charge in [-0.25, -0.2) is 9.56 Å². The third-order valence-electron chi connectivity index (χ3n) is 10.3. The maximum atomic E-state index is 14.0. The van der Waals surface area contributed by atoms with Gasteiger partial charge in [0.05, 0.1) is 30.3 Å². The Morgan fingerprint density at radius 3 is 2.15 bits per heavy atom. The van der Waals surface area contributed by atoms with E-state index in [2.05, 4.69) is 49.9 Å². The molecule has 2 atom stereocenters. The first-order chi connectivity index (χ1) is 25.9. The number of aryl methyl sites for hydroxylation is 3. The van der Waals surface area contributed by atoms with Gasteiger partial charge in [0.15, 0.2) is 0 Å². The summed E-state index contributed by atoms with van der Waals surface area (Å²) in [4.78, 5) is 22.1. The van der Waals surface area contributed by atoms with E-state index in [1.807, 2.05) is 32.2 Å². The molecule has 1 amide bonds. The number of pyridine rings is 1. The number of amides is 1. The molecule has 8 nitrogen and oxygen atoms in total. The van der Waals surface area contributed by atoms with Crippen molar-refractivity contribution in [2.75, 3.05) is 39.7 Å². The number of hydrogen-bond donors (Lipinski definition) is 1. The number of nitrogens with one attached hydrogen (secondary N) is 1. The zero-order valence-corrected chi connectivity index (χ0v) is 35.3. The van der Waals surface area contributed by atoms with Gasteiger partial charge in [0.25, 0.3) is 11.6 Å². The van der Waals surface area contributed by atoms with Gasteiger partial charge >= 0.3 is 6.43 Å². The molecule has 1 fully saturated rings. The number of ether oxygens (including phenoxy) is 2. The monoisotopic (exact) mass is 755 g/mol. The van der Waals surface area contributed by atoms with Crippen molar-refractivity contribution >= 4 is 34.2 Å². The molecule has 1 aromatic carbocycles. The molecule has 3 heterocycles. The zero-order valence-electron chi connectivity index (χ0n) is 35.3. The van der Waals surface area contributed by atoms with Crippen molar-refractivity contribution in [3.05, 3.63) is 58.6 Å². The van der Waals surface area contributed by atoms with E-state index in [1.165, 1.54) is 88.4 Å². The molecule has 2 aliphatic rings. The third kappa shape index (κ3) is 14.2. The van der Waals surface area contributed by atoms with Crippen LogP contribution in [-0.4, -0.2) is 71.6 Å². The molecule has 0 spiro atoms. The Morgan fingerprint density at radius 2 is 1.61 bits per heavy atom. The maximum Gasteiger partial charge on any atom is 0.321 e. The number of fused-ring (bicyclic) bond motifs is 1. The van der Waals surface area contributed by atoms with E-state index in [0.29, 0.717) is 35.9 Å². The number of carbonyl (C=O) groups is 1. The van der Waals surface area contributed by atoms with Gasteiger partial charge in [-0.1, -0.05) is 105 Å². The van der Waals surface area contributed by atoms with Crippen molar-refractivity contribution in [2.24, 2.45) is 18.9 Å². The number of nitrogens with zero attached hydrogens (tertiary/aromatic N) is 4. The van der Waals surface area contributed by atoms with E-state index >= 15 is 0 Å². The number of hydrogen-bond acceptors (Lipinski definition) is 5. The summed E-state index contributed by atoms with van der Waals surface area (Å²) < 4.78 is 41.9. The van der Waals surface area contributed by atoms with Crippen LogP contribution >= 0.6 is 0 Å². The van der Waals surface area contributed by atoms with Crippen LogP contribution in [0.1, 0.15) is 139 Å². The molecule has 54 heavy (non-hydrogen) atoms. The lowest BCUT2D eigenvalue weighted by Crippen LogP contribution is -2.32. The van der Waals surface area contributed by atoms with Crippen LogP contribution in [0.25, 0.3) is 16.6 Å². The summed E-state index contributed by atoms with van der Waals surface area (Å²) in [5.41, 5.74) is 3.93. The fourth-order valence-corrected chi connectivity index (χ4v) is 6.55. The number of methoxy groups -OCH3 is 2. The van der Waals surface area contributed by atoms with E-state index in [-0.39, 0.29) is 17.0 Å². The highest BCUT2D eigenvalue weighted by atomic mass is 19.3. The number of anilines is 1. The van der Waals surface area contributed by atoms with Crippen molar-refractivity contribution in [1.82, 2.24) is 14.5 Å². The summed E-state index contributed by atoms with van der Waals surface area (Å²) in [5, 5.41) is 2.83. The number of allylic oxidation sites excluding steroid dienone is 1.